The van der Waals surface area contributed by atoms with Crippen molar-refractivity contribution in [1.82, 2.24) is 0 Å². The van der Waals surface area contributed by atoms with Crippen LogP contribution in [-0.2, 0) is 4.79 Å². The lowest BCUT2D eigenvalue weighted by atomic mass is 10.0. The molecule has 0 aliphatic heterocycles. The molecule has 0 unspecified atom stereocenters. The standard InChI is InChI=1S/C10H19ClO.C2H4O2/c1-9(6-8-12)5-4-7-10(2,3)11;1-2(3)4/h6,12H,4-5,7-8H2,1-3H3;1H3,(H,3,4). The van der Waals surface area contributed by atoms with Gasteiger partial charge in [0.15, 0.2) is 0 Å². The van der Waals surface area contributed by atoms with Gasteiger partial charge in [-0.05, 0) is 40.0 Å². The summed E-state index contributed by atoms with van der Waals surface area (Å²) in [6, 6.07) is 0. The Kier molecular flexibility index (Phi) is 10.8. The zero-order valence-electron chi connectivity index (χ0n) is 10.6. The third-order valence-corrected chi connectivity index (χ3v) is 1.97. The van der Waals surface area contributed by atoms with Crippen molar-refractivity contribution in [2.45, 2.75) is 51.8 Å². The number of carboxylic acids is 1. The summed E-state index contributed by atoms with van der Waals surface area (Å²) in [4.78, 5) is 8.92. The monoisotopic (exact) mass is 250 g/mol. The van der Waals surface area contributed by atoms with E-state index in [1.807, 2.05) is 26.8 Å². The highest BCUT2D eigenvalue weighted by Gasteiger charge is 2.11. The van der Waals surface area contributed by atoms with Gasteiger partial charge in [-0.3, -0.25) is 4.79 Å². The molecular weight excluding hydrogens is 228 g/mol. The Morgan fingerprint density at radius 3 is 2.12 bits per heavy atom. The zero-order valence-corrected chi connectivity index (χ0v) is 11.3. The first-order valence-corrected chi connectivity index (χ1v) is 5.71. The lowest BCUT2D eigenvalue weighted by Gasteiger charge is -2.14. The molecule has 0 radical (unpaired) electrons. The van der Waals surface area contributed by atoms with Crippen LogP contribution in [0.1, 0.15) is 47.0 Å². The van der Waals surface area contributed by atoms with E-state index in [-0.39, 0.29) is 11.5 Å². The highest BCUT2D eigenvalue weighted by Crippen LogP contribution is 2.21. The minimum Gasteiger partial charge on any atom is -0.481 e. The smallest absolute Gasteiger partial charge is 0.300 e. The Morgan fingerprint density at radius 1 is 1.38 bits per heavy atom. The van der Waals surface area contributed by atoms with Gasteiger partial charge < -0.3 is 10.2 Å². The molecule has 2 N–H and O–H groups in total. The van der Waals surface area contributed by atoms with Gasteiger partial charge in [0.2, 0.25) is 0 Å². The minimum atomic E-state index is -0.833. The second kappa shape index (κ2) is 9.67. The van der Waals surface area contributed by atoms with E-state index in [9.17, 15) is 0 Å². The zero-order chi connectivity index (χ0) is 13.2. The molecular formula is C12H23ClO3. The van der Waals surface area contributed by atoms with Gasteiger partial charge in [0, 0.05) is 11.8 Å². The largest absolute Gasteiger partial charge is 0.481 e. The maximum absolute atomic E-state index is 9.00. The average Bonchev–Trinajstić information content (AvgIpc) is 2.00. The number of hydrogen-bond acceptors (Lipinski definition) is 2. The van der Waals surface area contributed by atoms with E-state index in [4.69, 9.17) is 26.6 Å². The quantitative estimate of drug-likeness (QED) is 0.582. The van der Waals surface area contributed by atoms with Gasteiger partial charge in [-0.1, -0.05) is 11.6 Å². The minimum absolute atomic E-state index is 0.0838. The molecule has 0 amide bonds. The average molecular weight is 251 g/mol. The van der Waals surface area contributed by atoms with Crippen molar-refractivity contribution in [3.63, 3.8) is 0 Å². The predicted molar refractivity (Wildman–Crippen MR) is 67.9 cm³/mol. The van der Waals surface area contributed by atoms with E-state index in [0.717, 1.165) is 26.2 Å². The van der Waals surface area contributed by atoms with Crippen LogP contribution >= 0.6 is 11.6 Å². The number of halogens is 1. The molecule has 0 rings (SSSR count). The van der Waals surface area contributed by atoms with Gasteiger partial charge in [0.25, 0.3) is 5.97 Å². The number of aliphatic carboxylic acids is 1. The first-order chi connectivity index (χ1) is 7.19. The molecule has 3 nitrogen and oxygen atoms in total. The van der Waals surface area contributed by atoms with Crippen molar-refractivity contribution in [2.24, 2.45) is 0 Å². The Morgan fingerprint density at radius 2 is 1.81 bits per heavy atom. The van der Waals surface area contributed by atoms with Crippen LogP contribution in [0.5, 0.6) is 0 Å². The summed E-state index contributed by atoms with van der Waals surface area (Å²) < 4.78 is 0. The van der Waals surface area contributed by atoms with Crippen LogP contribution in [0.15, 0.2) is 11.6 Å². The number of carboxylic acid groups (broad SMARTS) is 1. The molecule has 0 saturated carbocycles. The summed E-state index contributed by atoms with van der Waals surface area (Å²) in [5.74, 6) is -0.833. The number of allylic oxidation sites excluding steroid dienone is 1. The highest BCUT2D eigenvalue weighted by atomic mass is 35.5. The molecule has 0 heterocycles. The van der Waals surface area contributed by atoms with Crippen LogP contribution in [0.4, 0.5) is 0 Å². The number of alkyl halides is 1. The van der Waals surface area contributed by atoms with E-state index >= 15 is 0 Å². The van der Waals surface area contributed by atoms with Crippen LogP contribution in [0.25, 0.3) is 0 Å². The Hall–Kier alpha value is -0.540. The Labute approximate surface area is 103 Å². The molecule has 0 bridgehead atoms. The fourth-order valence-electron chi connectivity index (χ4n) is 1.05. The van der Waals surface area contributed by atoms with E-state index in [0.29, 0.717) is 0 Å². The molecule has 0 atom stereocenters. The Balaban J connectivity index is 0. The van der Waals surface area contributed by atoms with Crippen molar-refractivity contribution in [3.05, 3.63) is 11.6 Å². The van der Waals surface area contributed by atoms with Crippen LogP contribution in [0.3, 0.4) is 0 Å². The number of hydrogen-bond donors (Lipinski definition) is 2. The predicted octanol–water partition coefficient (Wildman–Crippen LogP) is 3.20. The van der Waals surface area contributed by atoms with Gasteiger partial charge in [-0.2, -0.15) is 0 Å². The topological polar surface area (TPSA) is 57.5 Å². The summed E-state index contributed by atoms with van der Waals surface area (Å²) >= 11 is 6.02. The molecule has 0 saturated heterocycles. The SMILES string of the molecule is CC(=CCO)CCCC(C)(C)Cl.CC(=O)O. The fourth-order valence-corrected chi connectivity index (χ4v) is 1.18. The first kappa shape index (κ1) is 17.8. The third kappa shape index (κ3) is 23.4. The molecule has 0 aliphatic rings. The van der Waals surface area contributed by atoms with Crippen LogP contribution in [0, 0.1) is 0 Å². The first-order valence-electron chi connectivity index (χ1n) is 5.34. The molecule has 0 aliphatic carbocycles. The molecule has 0 spiro atoms. The van der Waals surface area contributed by atoms with Crippen molar-refractivity contribution in [3.8, 4) is 0 Å². The van der Waals surface area contributed by atoms with E-state index in [1.165, 1.54) is 5.57 Å². The number of rotatable bonds is 5. The van der Waals surface area contributed by atoms with Crippen LogP contribution in [-0.4, -0.2) is 27.7 Å². The lowest BCUT2D eigenvalue weighted by Crippen LogP contribution is -2.09. The van der Waals surface area contributed by atoms with Crippen molar-refractivity contribution in [2.75, 3.05) is 6.61 Å². The number of carbonyl (C=O) groups is 1. The van der Waals surface area contributed by atoms with Crippen LogP contribution < -0.4 is 0 Å². The maximum atomic E-state index is 9.00. The van der Waals surface area contributed by atoms with Gasteiger partial charge in [-0.25, -0.2) is 0 Å². The molecule has 0 aromatic carbocycles. The summed E-state index contributed by atoms with van der Waals surface area (Å²) in [5.41, 5.74) is 1.25. The van der Waals surface area contributed by atoms with E-state index < -0.39 is 5.97 Å². The third-order valence-electron chi connectivity index (χ3n) is 1.78. The maximum Gasteiger partial charge on any atom is 0.300 e. The molecule has 96 valence electrons. The summed E-state index contributed by atoms with van der Waals surface area (Å²) in [6.07, 6.45) is 5.00. The van der Waals surface area contributed by atoms with Gasteiger partial charge in [0.1, 0.15) is 0 Å². The van der Waals surface area contributed by atoms with Gasteiger partial charge >= 0.3 is 0 Å². The Bertz CT molecular complexity index is 213. The summed E-state index contributed by atoms with van der Waals surface area (Å²) in [7, 11) is 0. The highest BCUT2D eigenvalue weighted by molar-refractivity contribution is 6.23. The summed E-state index contributed by atoms with van der Waals surface area (Å²) in [6.45, 7) is 7.33. The van der Waals surface area contributed by atoms with Crippen molar-refractivity contribution >= 4 is 17.6 Å². The second-order valence-corrected chi connectivity index (χ2v) is 5.35. The van der Waals surface area contributed by atoms with Crippen molar-refractivity contribution in [1.29, 1.82) is 0 Å². The number of aliphatic hydroxyl groups excluding tert-OH is 1. The normalized spacial score (nSPS) is 11.8. The molecule has 16 heavy (non-hydrogen) atoms. The molecule has 0 aromatic rings. The second-order valence-electron chi connectivity index (χ2n) is 4.32. The number of aliphatic hydroxyl groups is 1. The van der Waals surface area contributed by atoms with E-state index in [2.05, 4.69) is 0 Å². The van der Waals surface area contributed by atoms with Crippen LogP contribution in [0.2, 0.25) is 0 Å². The summed E-state index contributed by atoms with van der Waals surface area (Å²) in [5, 5.41) is 16.0. The van der Waals surface area contributed by atoms with Gasteiger partial charge in [0.05, 0.1) is 6.61 Å². The van der Waals surface area contributed by atoms with Gasteiger partial charge in [-0.15, -0.1) is 11.6 Å². The van der Waals surface area contributed by atoms with E-state index in [1.54, 1.807) is 0 Å². The lowest BCUT2D eigenvalue weighted by molar-refractivity contribution is -0.134. The van der Waals surface area contributed by atoms with Crippen molar-refractivity contribution < 1.29 is 15.0 Å². The molecule has 4 heteroatoms. The molecule has 0 aromatic heterocycles. The fraction of sp³-hybridized carbons (Fsp3) is 0.750. The molecule has 0 fully saturated rings.